The molecule has 6 heteroatoms. The molecule has 17 heavy (non-hydrogen) atoms. The maximum Gasteiger partial charge on any atom is 0.252 e. The summed E-state index contributed by atoms with van der Waals surface area (Å²) in [6.45, 7) is 0. The third-order valence-electron chi connectivity index (χ3n) is 2.04. The van der Waals surface area contributed by atoms with Crippen LogP contribution in [0.4, 0.5) is 5.69 Å². The summed E-state index contributed by atoms with van der Waals surface area (Å²) in [5.74, 6) is -0.254. The van der Waals surface area contributed by atoms with Crippen LogP contribution in [0.25, 0.3) is 0 Å². The van der Waals surface area contributed by atoms with Gasteiger partial charge in [-0.1, -0.05) is 11.6 Å². The third kappa shape index (κ3) is 3.91. The molecule has 0 heterocycles. The molecule has 2 N–H and O–H groups in total. The Hall–Kier alpha value is -1.26. The van der Waals surface area contributed by atoms with E-state index < -0.39 is 0 Å². The van der Waals surface area contributed by atoms with Crippen LogP contribution >= 0.6 is 23.2 Å². The molecule has 0 spiro atoms. The highest BCUT2D eigenvalue weighted by atomic mass is 35.5. The summed E-state index contributed by atoms with van der Waals surface area (Å²) < 4.78 is 0. The predicted octanol–water partition coefficient (Wildman–Crippen LogP) is 2.27. The van der Waals surface area contributed by atoms with E-state index in [0.29, 0.717) is 16.3 Å². The second-order valence-corrected chi connectivity index (χ2v) is 4.05. The van der Waals surface area contributed by atoms with Crippen molar-refractivity contribution in [2.24, 2.45) is 0 Å². The number of halogens is 2. The second-order valence-electron chi connectivity index (χ2n) is 3.26. The first-order chi connectivity index (χ1) is 8.08. The summed E-state index contributed by atoms with van der Waals surface area (Å²) in [6.07, 6.45) is 0.222. The van der Waals surface area contributed by atoms with Crippen LogP contribution in [0.3, 0.4) is 0 Å². The van der Waals surface area contributed by atoms with Crippen molar-refractivity contribution in [3.05, 3.63) is 28.8 Å². The molecule has 0 aromatic heterocycles. The molecule has 0 unspecified atom stereocenters. The second kappa shape index (κ2) is 6.47. The summed E-state index contributed by atoms with van der Waals surface area (Å²) in [4.78, 5) is 22.8. The average Bonchev–Trinajstić information content (AvgIpc) is 2.31. The maximum absolute atomic E-state index is 11.5. The summed E-state index contributed by atoms with van der Waals surface area (Å²) in [7, 11) is 1.51. The molecular weight excluding hydrogens is 263 g/mol. The van der Waals surface area contributed by atoms with Gasteiger partial charge in [-0.3, -0.25) is 9.59 Å². The van der Waals surface area contributed by atoms with Crippen LogP contribution in [0.1, 0.15) is 16.8 Å². The normalized spacial score (nSPS) is 9.82. The van der Waals surface area contributed by atoms with E-state index in [1.54, 1.807) is 12.1 Å². The van der Waals surface area contributed by atoms with Crippen LogP contribution in [0.15, 0.2) is 18.2 Å². The third-order valence-corrected chi connectivity index (χ3v) is 2.56. The maximum atomic E-state index is 11.5. The molecule has 0 aliphatic carbocycles. The first-order valence-corrected chi connectivity index (χ1v) is 5.87. The Morgan fingerprint density at radius 3 is 2.65 bits per heavy atom. The van der Waals surface area contributed by atoms with E-state index in [1.807, 2.05) is 0 Å². The molecule has 0 fully saturated rings. The quantitative estimate of drug-likeness (QED) is 0.828. The van der Waals surface area contributed by atoms with Crippen molar-refractivity contribution < 1.29 is 9.59 Å². The van der Waals surface area contributed by atoms with Gasteiger partial charge in [0.25, 0.3) is 5.91 Å². The monoisotopic (exact) mass is 274 g/mol. The topological polar surface area (TPSA) is 58.2 Å². The smallest absolute Gasteiger partial charge is 0.252 e. The van der Waals surface area contributed by atoms with Crippen LogP contribution in [-0.2, 0) is 4.79 Å². The number of benzene rings is 1. The number of anilines is 1. The summed E-state index contributed by atoms with van der Waals surface area (Å²) in [6, 6.07) is 4.71. The average molecular weight is 275 g/mol. The lowest BCUT2D eigenvalue weighted by atomic mass is 10.2. The number of hydrogen-bond acceptors (Lipinski definition) is 2. The Balaban J connectivity index is 2.89. The van der Waals surface area contributed by atoms with Gasteiger partial charge in [-0.25, -0.2) is 0 Å². The fourth-order valence-corrected chi connectivity index (χ4v) is 1.60. The van der Waals surface area contributed by atoms with E-state index in [0.717, 1.165) is 0 Å². The SMILES string of the molecule is CNC(=O)c1cc(NC(=O)CCCl)ccc1Cl. The fraction of sp³-hybridized carbons (Fsp3) is 0.273. The highest BCUT2D eigenvalue weighted by Crippen LogP contribution is 2.20. The van der Waals surface area contributed by atoms with E-state index >= 15 is 0 Å². The van der Waals surface area contributed by atoms with Crippen molar-refractivity contribution in [1.29, 1.82) is 0 Å². The van der Waals surface area contributed by atoms with Gasteiger partial charge in [0.15, 0.2) is 0 Å². The molecule has 0 atom stereocenters. The van der Waals surface area contributed by atoms with Crippen LogP contribution in [0.5, 0.6) is 0 Å². The van der Waals surface area contributed by atoms with Gasteiger partial charge in [-0.15, -0.1) is 11.6 Å². The van der Waals surface area contributed by atoms with Crippen molar-refractivity contribution in [2.75, 3.05) is 18.2 Å². The minimum Gasteiger partial charge on any atom is -0.355 e. The highest BCUT2D eigenvalue weighted by molar-refractivity contribution is 6.34. The van der Waals surface area contributed by atoms with Crippen LogP contribution in [-0.4, -0.2) is 24.7 Å². The van der Waals surface area contributed by atoms with Crippen LogP contribution in [0, 0.1) is 0 Å². The zero-order chi connectivity index (χ0) is 12.8. The summed E-state index contributed by atoms with van der Waals surface area (Å²) >= 11 is 11.3. The largest absolute Gasteiger partial charge is 0.355 e. The van der Waals surface area contributed by atoms with Crippen LogP contribution < -0.4 is 10.6 Å². The van der Waals surface area contributed by atoms with Gasteiger partial charge in [0.1, 0.15) is 0 Å². The highest BCUT2D eigenvalue weighted by Gasteiger charge is 2.10. The van der Waals surface area contributed by atoms with Crippen molar-refractivity contribution in [3.8, 4) is 0 Å². The van der Waals surface area contributed by atoms with Gasteiger partial charge >= 0.3 is 0 Å². The van der Waals surface area contributed by atoms with Gasteiger partial charge in [0.05, 0.1) is 10.6 Å². The molecule has 0 saturated carbocycles. The lowest BCUT2D eigenvalue weighted by Gasteiger charge is -2.07. The Kier molecular flexibility index (Phi) is 5.25. The number of nitrogens with one attached hydrogen (secondary N) is 2. The van der Waals surface area contributed by atoms with Crippen LogP contribution in [0.2, 0.25) is 5.02 Å². The molecule has 0 aliphatic rings. The molecule has 2 amide bonds. The van der Waals surface area contributed by atoms with E-state index in [-0.39, 0.29) is 24.1 Å². The molecule has 92 valence electrons. The number of carbonyl (C=O) groups is 2. The number of carbonyl (C=O) groups excluding carboxylic acids is 2. The van der Waals surface area contributed by atoms with E-state index in [1.165, 1.54) is 13.1 Å². The lowest BCUT2D eigenvalue weighted by Crippen LogP contribution is -2.19. The minimum atomic E-state index is -0.302. The molecule has 1 aromatic rings. The van der Waals surface area contributed by atoms with Gasteiger partial charge in [0, 0.05) is 25.0 Å². The molecule has 1 aromatic carbocycles. The summed E-state index contributed by atoms with van der Waals surface area (Å²) in [5.41, 5.74) is 0.834. The molecule has 0 aliphatic heterocycles. The van der Waals surface area contributed by atoms with Crippen molar-refractivity contribution in [3.63, 3.8) is 0 Å². The fourth-order valence-electron chi connectivity index (χ4n) is 1.22. The Labute approximate surface area is 109 Å². The summed E-state index contributed by atoms with van der Waals surface area (Å²) in [5, 5.41) is 5.43. The zero-order valence-corrected chi connectivity index (χ0v) is 10.7. The molecular formula is C11H12Cl2N2O2. The number of amides is 2. The van der Waals surface area contributed by atoms with E-state index in [4.69, 9.17) is 23.2 Å². The molecule has 0 saturated heterocycles. The standard InChI is InChI=1S/C11H12Cl2N2O2/c1-14-11(17)8-6-7(2-3-9(8)13)15-10(16)4-5-12/h2-3,6H,4-5H2,1H3,(H,14,17)(H,15,16). The Morgan fingerprint density at radius 1 is 1.35 bits per heavy atom. The van der Waals surface area contributed by atoms with Crippen molar-refractivity contribution in [1.82, 2.24) is 5.32 Å². The molecule has 1 rings (SSSR count). The van der Waals surface area contributed by atoms with E-state index in [2.05, 4.69) is 10.6 Å². The van der Waals surface area contributed by atoms with Crippen molar-refractivity contribution >= 4 is 40.7 Å². The first kappa shape index (κ1) is 13.8. The number of rotatable bonds is 4. The molecule has 0 radical (unpaired) electrons. The molecule has 0 bridgehead atoms. The lowest BCUT2D eigenvalue weighted by molar-refractivity contribution is -0.115. The Morgan fingerprint density at radius 2 is 2.06 bits per heavy atom. The predicted molar refractivity (Wildman–Crippen MR) is 68.8 cm³/mol. The zero-order valence-electron chi connectivity index (χ0n) is 9.22. The first-order valence-electron chi connectivity index (χ1n) is 4.96. The van der Waals surface area contributed by atoms with Gasteiger partial charge in [-0.05, 0) is 18.2 Å². The minimum absolute atomic E-state index is 0.204. The molecule has 4 nitrogen and oxygen atoms in total. The van der Waals surface area contributed by atoms with Gasteiger partial charge in [-0.2, -0.15) is 0 Å². The number of alkyl halides is 1. The van der Waals surface area contributed by atoms with E-state index in [9.17, 15) is 9.59 Å². The van der Waals surface area contributed by atoms with Gasteiger partial charge < -0.3 is 10.6 Å². The van der Waals surface area contributed by atoms with Gasteiger partial charge in [0.2, 0.25) is 5.91 Å². The van der Waals surface area contributed by atoms with Crippen molar-refractivity contribution in [2.45, 2.75) is 6.42 Å². The number of hydrogen-bond donors (Lipinski definition) is 2. The Bertz CT molecular complexity index is 435.